The topological polar surface area (TPSA) is 78.3 Å². The molecule has 0 spiro atoms. The summed E-state index contributed by atoms with van der Waals surface area (Å²) in [7, 11) is 0. The molecule has 6 heteroatoms. The van der Waals surface area contributed by atoms with Crippen LogP contribution in [0.5, 0.6) is 5.88 Å². The van der Waals surface area contributed by atoms with E-state index in [1.54, 1.807) is 12.1 Å². The lowest BCUT2D eigenvalue weighted by Gasteiger charge is -2.21. The van der Waals surface area contributed by atoms with E-state index in [9.17, 15) is 14.7 Å². The maximum absolute atomic E-state index is 11.9. The van der Waals surface area contributed by atoms with Crippen LogP contribution in [0.2, 0.25) is 0 Å². The van der Waals surface area contributed by atoms with Crippen molar-refractivity contribution in [2.45, 2.75) is 20.8 Å². The van der Waals surface area contributed by atoms with E-state index in [1.807, 2.05) is 12.1 Å². The molecule has 0 saturated heterocycles. The fourth-order valence-corrected chi connectivity index (χ4v) is 2.25. The quantitative estimate of drug-likeness (QED) is 0.891. The van der Waals surface area contributed by atoms with Crippen LogP contribution in [-0.4, -0.2) is 27.7 Å². The molecule has 0 aliphatic rings. The van der Waals surface area contributed by atoms with E-state index in [0.717, 1.165) is 23.3 Å². The smallest absolute Gasteiger partial charge is 0.335 e. The summed E-state index contributed by atoms with van der Waals surface area (Å²) in [6, 6.07) is 7.25. The maximum Gasteiger partial charge on any atom is 0.335 e. The SMILES string of the molecule is CCN(CC)c1ccc(-n2c(O)c(C)c(=O)[nH]c2=O)cc1. The molecule has 112 valence electrons. The normalized spacial score (nSPS) is 10.6. The number of aromatic hydroxyl groups is 1. The van der Waals surface area contributed by atoms with Crippen LogP contribution >= 0.6 is 0 Å². The molecular weight excluding hydrogens is 270 g/mol. The lowest BCUT2D eigenvalue weighted by molar-refractivity contribution is 0.426. The Hall–Kier alpha value is -2.50. The number of hydrogen-bond acceptors (Lipinski definition) is 4. The number of H-pyrrole nitrogens is 1. The highest BCUT2D eigenvalue weighted by Crippen LogP contribution is 2.19. The van der Waals surface area contributed by atoms with Gasteiger partial charge in [-0.2, -0.15) is 0 Å². The van der Waals surface area contributed by atoms with Crippen LogP contribution in [0.1, 0.15) is 19.4 Å². The summed E-state index contributed by atoms with van der Waals surface area (Å²) in [6.45, 7) is 7.38. The standard InChI is InChI=1S/C15H19N3O3/c1-4-17(5-2)11-6-8-12(9-7-11)18-14(20)10(3)13(19)16-15(18)21/h6-9,20H,4-5H2,1-3H3,(H,16,19,21). The van der Waals surface area contributed by atoms with Crippen LogP contribution in [0.3, 0.4) is 0 Å². The van der Waals surface area contributed by atoms with Gasteiger partial charge in [-0.1, -0.05) is 0 Å². The number of nitrogens with zero attached hydrogens (tertiary/aromatic N) is 2. The first-order chi connectivity index (χ1) is 9.99. The Morgan fingerprint density at radius 1 is 1.14 bits per heavy atom. The Bertz CT molecular complexity index is 740. The van der Waals surface area contributed by atoms with Crippen LogP contribution in [-0.2, 0) is 0 Å². The Morgan fingerprint density at radius 3 is 2.24 bits per heavy atom. The average Bonchev–Trinajstić information content (AvgIpc) is 2.48. The summed E-state index contributed by atoms with van der Waals surface area (Å²) in [5, 5.41) is 10.0. The molecule has 21 heavy (non-hydrogen) atoms. The second-order valence-corrected chi connectivity index (χ2v) is 4.73. The minimum Gasteiger partial charge on any atom is -0.494 e. The van der Waals surface area contributed by atoms with Gasteiger partial charge >= 0.3 is 5.69 Å². The summed E-state index contributed by atoms with van der Waals surface area (Å²) in [6.07, 6.45) is 0. The molecule has 2 aromatic rings. The van der Waals surface area contributed by atoms with Gasteiger partial charge in [-0.3, -0.25) is 9.78 Å². The molecule has 0 aliphatic carbocycles. The van der Waals surface area contributed by atoms with Crippen molar-refractivity contribution in [3.8, 4) is 11.6 Å². The van der Waals surface area contributed by atoms with Gasteiger partial charge < -0.3 is 10.0 Å². The molecule has 0 bridgehead atoms. The van der Waals surface area contributed by atoms with Crippen LogP contribution < -0.4 is 16.1 Å². The molecule has 0 saturated carbocycles. The van der Waals surface area contributed by atoms with Crippen LogP contribution in [0.15, 0.2) is 33.9 Å². The molecule has 1 heterocycles. The fraction of sp³-hybridized carbons (Fsp3) is 0.333. The highest BCUT2D eigenvalue weighted by molar-refractivity contribution is 5.51. The summed E-state index contributed by atoms with van der Waals surface area (Å²) in [5.41, 5.74) is 0.430. The van der Waals surface area contributed by atoms with Crippen molar-refractivity contribution in [2.24, 2.45) is 0 Å². The average molecular weight is 289 g/mol. The molecule has 0 radical (unpaired) electrons. The number of benzene rings is 1. The lowest BCUT2D eigenvalue weighted by Crippen LogP contribution is -2.30. The monoisotopic (exact) mass is 289 g/mol. The molecular formula is C15H19N3O3. The molecule has 0 aliphatic heterocycles. The predicted octanol–water partition coefficient (Wildman–Crippen LogP) is 1.39. The molecule has 6 nitrogen and oxygen atoms in total. The van der Waals surface area contributed by atoms with Crippen LogP contribution in [0.25, 0.3) is 5.69 Å². The van der Waals surface area contributed by atoms with E-state index in [1.165, 1.54) is 6.92 Å². The van der Waals surface area contributed by atoms with E-state index in [4.69, 9.17) is 0 Å². The largest absolute Gasteiger partial charge is 0.494 e. The summed E-state index contributed by atoms with van der Waals surface area (Å²) < 4.78 is 1.09. The van der Waals surface area contributed by atoms with Gasteiger partial charge in [0.2, 0.25) is 5.88 Å². The Morgan fingerprint density at radius 2 is 1.71 bits per heavy atom. The van der Waals surface area contributed by atoms with E-state index in [-0.39, 0.29) is 11.4 Å². The van der Waals surface area contributed by atoms with Crippen molar-refractivity contribution < 1.29 is 5.11 Å². The zero-order valence-electron chi connectivity index (χ0n) is 12.4. The maximum atomic E-state index is 11.9. The van der Waals surface area contributed by atoms with Gasteiger partial charge in [0.25, 0.3) is 5.56 Å². The van der Waals surface area contributed by atoms with Crippen molar-refractivity contribution in [3.63, 3.8) is 0 Å². The van der Waals surface area contributed by atoms with Gasteiger partial charge in [0.1, 0.15) is 0 Å². The third-order valence-electron chi connectivity index (χ3n) is 3.55. The van der Waals surface area contributed by atoms with E-state index >= 15 is 0 Å². The van der Waals surface area contributed by atoms with Gasteiger partial charge in [0.05, 0.1) is 11.3 Å². The summed E-state index contributed by atoms with van der Waals surface area (Å²) in [5.74, 6) is -0.334. The number of aromatic nitrogens is 2. The summed E-state index contributed by atoms with van der Waals surface area (Å²) >= 11 is 0. The highest BCUT2D eigenvalue weighted by Gasteiger charge is 2.12. The van der Waals surface area contributed by atoms with Gasteiger partial charge in [0.15, 0.2) is 0 Å². The Labute approximate surface area is 122 Å². The number of nitrogens with one attached hydrogen (secondary N) is 1. The van der Waals surface area contributed by atoms with E-state index in [0.29, 0.717) is 5.69 Å². The van der Waals surface area contributed by atoms with E-state index in [2.05, 4.69) is 23.7 Å². The van der Waals surface area contributed by atoms with Crippen molar-refractivity contribution in [1.82, 2.24) is 9.55 Å². The lowest BCUT2D eigenvalue weighted by atomic mass is 10.2. The third-order valence-corrected chi connectivity index (χ3v) is 3.55. The molecule has 2 N–H and O–H groups in total. The zero-order chi connectivity index (χ0) is 15.6. The van der Waals surface area contributed by atoms with Crippen LogP contribution in [0.4, 0.5) is 5.69 Å². The number of aromatic amines is 1. The fourth-order valence-electron chi connectivity index (χ4n) is 2.25. The molecule has 1 aromatic carbocycles. The molecule has 2 rings (SSSR count). The van der Waals surface area contributed by atoms with Crippen LogP contribution in [0, 0.1) is 6.92 Å². The second-order valence-electron chi connectivity index (χ2n) is 4.73. The summed E-state index contributed by atoms with van der Waals surface area (Å²) in [4.78, 5) is 27.7. The predicted molar refractivity (Wildman–Crippen MR) is 82.6 cm³/mol. The zero-order valence-corrected chi connectivity index (χ0v) is 12.4. The minimum absolute atomic E-state index is 0.113. The Balaban J connectivity index is 2.52. The highest BCUT2D eigenvalue weighted by atomic mass is 16.3. The van der Waals surface area contributed by atoms with Gasteiger partial charge in [0, 0.05) is 18.8 Å². The third kappa shape index (κ3) is 2.69. The van der Waals surface area contributed by atoms with Gasteiger partial charge in [-0.25, -0.2) is 9.36 Å². The van der Waals surface area contributed by atoms with E-state index < -0.39 is 11.2 Å². The first kappa shape index (κ1) is 14.9. The van der Waals surface area contributed by atoms with Crippen molar-refractivity contribution in [1.29, 1.82) is 0 Å². The number of rotatable bonds is 4. The minimum atomic E-state index is -0.654. The molecule has 0 amide bonds. The van der Waals surface area contributed by atoms with Gasteiger partial charge in [-0.05, 0) is 45.0 Å². The Kier molecular flexibility index (Phi) is 4.16. The van der Waals surface area contributed by atoms with Gasteiger partial charge in [-0.15, -0.1) is 0 Å². The first-order valence-electron chi connectivity index (χ1n) is 6.89. The molecule has 0 fully saturated rings. The number of hydrogen-bond donors (Lipinski definition) is 2. The first-order valence-corrected chi connectivity index (χ1v) is 6.89. The molecule has 0 atom stereocenters. The van der Waals surface area contributed by atoms with Crippen molar-refractivity contribution in [2.75, 3.05) is 18.0 Å². The molecule has 0 unspecified atom stereocenters. The van der Waals surface area contributed by atoms with Crippen molar-refractivity contribution in [3.05, 3.63) is 50.7 Å². The second kappa shape index (κ2) is 5.87. The number of anilines is 1. The molecule has 1 aromatic heterocycles. The van der Waals surface area contributed by atoms with Crippen molar-refractivity contribution >= 4 is 5.69 Å².